The molecule has 104 valence electrons. The predicted molar refractivity (Wildman–Crippen MR) is 71.4 cm³/mol. The molecule has 2 saturated heterocycles. The van der Waals surface area contributed by atoms with Crippen molar-refractivity contribution >= 4 is 5.91 Å². The average Bonchev–Trinajstić information content (AvgIpc) is 2.39. The van der Waals surface area contributed by atoms with E-state index >= 15 is 0 Å². The normalized spacial score (nSPS) is 27.7. The van der Waals surface area contributed by atoms with Gasteiger partial charge in [-0.3, -0.25) is 4.79 Å². The Morgan fingerprint density at radius 1 is 1.39 bits per heavy atom. The second-order valence-electron chi connectivity index (χ2n) is 6.05. The van der Waals surface area contributed by atoms with Gasteiger partial charge in [-0.15, -0.1) is 0 Å². The van der Waals surface area contributed by atoms with Crippen molar-refractivity contribution < 1.29 is 9.53 Å². The maximum Gasteiger partial charge on any atom is 0.221 e. The smallest absolute Gasteiger partial charge is 0.221 e. The van der Waals surface area contributed by atoms with E-state index in [1.165, 1.54) is 12.8 Å². The molecule has 18 heavy (non-hydrogen) atoms. The molecule has 0 spiro atoms. The molecule has 0 radical (unpaired) electrons. The molecule has 0 saturated carbocycles. The van der Waals surface area contributed by atoms with Crippen LogP contribution >= 0.6 is 0 Å². The summed E-state index contributed by atoms with van der Waals surface area (Å²) in [5.74, 6) is 0.196. The van der Waals surface area contributed by atoms with Crippen LogP contribution in [-0.2, 0) is 9.53 Å². The molecule has 2 rings (SSSR count). The number of ether oxygens (including phenoxy) is 1. The molecule has 2 aliphatic heterocycles. The van der Waals surface area contributed by atoms with Crippen molar-refractivity contribution in [3.63, 3.8) is 0 Å². The van der Waals surface area contributed by atoms with Gasteiger partial charge in [0.1, 0.15) is 0 Å². The molecule has 0 aliphatic carbocycles. The van der Waals surface area contributed by atoms with Gasteiger partial charge in [-0.2, -0.15) is 0 Å². The van der Waals surface area contributed by atoms with Crippen LogP contribution in [0.5, 0.6) is 0 Å². The molecule has 0 aromatic heterocycles. The fourth-order valence-corrected chi connectivity index (χ4v) is 2.75. The number of nitrogens with one attached hydrogen (secondary N) is 2. The average molecular weight is 254 g/mol. The molecule has 2 N–H and O–H groups in total. The summed E-state index contributed by atoms with van der Waals surface area (Å²) in [6.45, 7) is 5.76. The zero-order valence-corrected chi connectivity index (χ0v) is 11.5. The van der Waals surface area contributed by atoms with Crippen molar-refractivity contribution in [3.05, 3.63) is 0 Å². The van der Waals surface area contributed by atoms with E-state index in [9.17, 15) is 4.79 Å². The summed E-state index contributed by atoms with van der Waals surface area (Å²) in [6, 6.07) is 0.390. The fourth-order valence-electron chi connectivity index (χ4n) is 2.75. The topological polar surface area (TPSA) is 50.4 Å². The van der Waals surface area contributed by atoms with Crippen molar-refractivity contribution in [2.75, 3.05) is 26.3 Å². The van der Waals surface area contributed by atoms with Gasteiger partial charge in [-0.1, -0.05) is 13.3 Å². The lowest BCUT2D eigenvalue weighted by molar-refractivity contribution is -0.122. The van der Waals surface area contributed by atoms with Gasteiger partial charge >= 0.3 is 0 Å². The highest BCUT2D eigenvalue weighted by atomic mass is 16.5. The molecule has 4 heteroatoms. The molecule has 1 amide bonds. The first kappa shape index (κ1) is 13.8. The number of carbonyl (C=O) groups excluding carboxylic acids is 1. The Kier molecular flexibility index (Phi) is 5.01. The van der Waals surface area contributed by atoms with E-state index in [0.29, 0.717) is 12.5 Å². The van der Waals surface area contributed by atoms with Crippen molar-refractivity contribution in [2.45, 2.75) is 51.5 Å². The predicted octanol–water partition coefficient (Wildman–Crippen LogP) is 1.45. The molecular formula is C14H26N2O2. The standard InChI is InChI=1S/C14H26N2O2/c1-14(5-8-18-9-6-14)11-16-13(17)10-12-4-2-3-7-15-12/h12,15H,2-11H2,1H3,(H,16,17). The Morgan fingerprint density at radius 3 is 2.83 bits per heavy atom. The van der Waals surface area contributed by atoms with Gasteiger partial charge in [0.05, 0.1) is 0 Å². The van der Waals surface area contributed by atoms with Crippen molar-refractivity contribution in [1.82, 2.24) is 10.6 Å². The summed E-state index contributed by atoms with van der Waals surface area (Å²) in [5.41, 5.74) is 0.230. The van der Waals surface area contributed by atoms with Gasteiger partial charge in [0.2, 0.25) is 5.91 Å². The van der Waals surface area contributed by atoms with Crippen LogP contribution in [0.25, 0.3) is 0 Å². The Labute approximate surface area is 110 Å². The van der Waals surface area contributed by atoms with Crippen LogP contribution in [0.4, 0.5) is 0 Å². The number of hydrogen-bond donors (Lipinski definition) is 2. The Hall–Kier alpha value is -0.610. The van der Waals surface area contributed by atoms with Gasteiger partial charge in [0.15, 0.2) is 0 Å². The van der Waals surface area contributed by atoms with Gasteiger partial charge in [0.25, 0.3) is 0 Å². The Balaban J connectivity index is 1.67. The third-order valence-corrected chi connectivity index (χ3v) is 4.26. The van der Waals surface area contributed by atoms with E-state index in [1.807, 2.05) is 0 Å². The highest BCUT2D eigenvalue weighted by Crippen LogP contribution is 2.28. The van der Waals surface area contributed by atoms with Crippen LogP contribution < -0.4 is 10.6 Å². The maximum absolute atomic E-state index is 11.9. The van der Waals surface area contributed by atoms with Gasteiger partial charge in [-0.05, 0) is 37.6 Å². The van der Waals surface area contributed by atoms with Crippen LogP contribution in [-0.4, -0.2) is 38.3 Å². The lowest BCUT2D eigenvalue weighted by Crippen LogP contribution is -2.43. The van der Waals surface area contributed by atoms with Crippen LogP contribution in [0, 0.1) is 5.41 Å². The van der Waals surface area contributed by atoms with Gasteiger partial charge in [-0.25, -0.2) is 0 Å². The van der Waals surface area contributed by atoms with E-state index in [4.69, 9.17) is 4.74 Å². The van der Waals surface area contributed by atoms with E-state index in [-0.39, 0.29) is 11.3 Å². The number of rotatable bonds is 4. The summed E-state index contributed by atoms with van der Waals surface area (Å²) in [4.78, 5) is 11.9. The zero-order chi connectivity index (χ0) is 12.8. The van der Waals surface area contributed by atoms with Crippen LogP contribution in [0.1, 0.15) is 45.4 Å². The Morgan fingerprint density at radius 2 is 2.17 bits per heavy atom. The maximum atomic E-state index is 11.9. The minimum atomic E-state index is 0.196. The second-order valence-corrected chi connectivity index (χ2v) is 6.05. The number of piperidine rings is 1. The van der Waals surface area contributed by atoms with Gasteiger partial charge < -0.3 is 15.4 Å². The summed E-state index contributed by atoms with van der Waals surface area (Å²) < 4.78 is 5.37. The molecule has 0 aromatic carbocycles. The third kappa shape index (κ3) is 4.25. The summed E-state index contributed by atoms with van der Waals surface area (Å²) in [5, 5.41) is 6.52. The summed E-state index contributed by atoms with van der Waals surface area (Å²) >= 11 is 0. The quantitative estimate of drug-likeness (QED) is 0.798. The second kappa shape index (κ2) is 6.53. The summed E-state index contributed by atoms with van der Waals surface area (Å²) in [7, 11) is 0. The first-order valence-corrected chi connectivity index (χ1v) is 7.26. The van der Waals surface area contributed by atoms with Crippen LogP contribution in [0.2, 0.25) is 0 Å². The first-order chi connectivity index (χ1) is 8.68. The molecule has 2 heterocycles. The van der Waals surface area contributed by atoms with Crippen molar-refractivity contribution in [1.29, 1.82) is 0 Å². The largest absolute Gasteiger partial charge is 0.381 e. The minimum Gasteiger partial charge on any atom is -0.381 e. The van der Waals surface area contributed by atoms with Crippen molar-refractivity contribution in [2.24, 2.45) is 5.41 Å². The van der Waals surface area contributed by atoms with E-state index in [0.717, 1.165) is 45.6 Å². The van der Waals surface area contributed by atoms with E-state index < -0.39 is 0 Å². The van der Waals surface area contributed by atoms with Gasteiger partial charge in [0, 0.05) is 32.2 Å². The lowest BCUT2D eigenvalue weighted by atomic mass is 9.82. The lowest BCUT2D eigenvalue weighted by Gasteiger charge is -2.33. The molecule has 1 atom stereocenters. The number of hydrogen-bond acceptors (Lipinski definition) is 3. The number of amides is 1. The third-order valence-electron chi connectivity index (χ3n) is 4.26. The molecule has 2 fully saturated rings. The van der Waals surface area contributed by atoms with E-state index in [1.54, 1.807) is 0 Å². The summed E-state index contributed by atoms with van der Waals surface area (Å²) in [6.07, 6.45) is 6.37. The first-order valence-electron chi connectivity index (χ1n) is 7.26. The van der Waals surface area contributed by atoms with Crippen molar-refractivity contribution in [3.8, 4) is 0 Å². The molecular weight excluding hydrogens is 228 g/mol. The highest BCUT2D eigenvalue weighted by Gasteiger charge is 2.28. The molecule has 2 aliphatic rings. The Bertz CT molecular complexity index is 269. The van der Waals surface area contributed by atoms with E-state index in [2.05, 4.69) is 17.6 Å². The fraction of sp³-hybridized carbons (Fsp3) is 0.929. The molecule has 0 aromatic rings. The van der Waals surface area contributed by atoms with Crippen LogP contribution in [0.3, 0.4) is 0 Å². The number of carbonyl (C=O) groups is 1. The van der Waals surface area contributed by atoms with Crippen LogP contribution in [0.15, 0.2) is 0 Å². The molecule has 4 nitrogen and oxygen atoms in total. The minimum absolute atomic E-state index is 0.196. The monoisotopic (exact) mass is 254 g/mol. The highest BCUT2D eigenvalue weighted by molar-refractivity contribution is 5.76. The molecule has 0 bridgehead atoms. The zero-order valence-electron chi connectivity index (χ0n) is 11.5. The SMILES string of the molecule is CC1(CNC(=O)CC2CCCCN2)CCOCC1. The molecule has 1 unspecified atom stereocenters.